The van der Waals surface area contributed by atoms with Crippen molar-refractivity contribution in [2.45, 2.75) is 12.8 Å². The zero-order valence-electron chi connectivity index (χ0n) is 9.09. The second kappa shape index (κ2) is 7.05. The molecule has 0 fully saturated rings. The fourth-order valence-electron chi connectivity index (χ4n) is 1.24. The molecule has 80 valence electrons. The number of hydrogen-bond donors (Lipinski definition) is 2. The zero-order valence-corrected chi connectivity index (χ0v) is 9.09. The highest BCUT2D eigenvalue weighted by atomic mass is 16.2. The quantitative estimate of drug-likeness (QED) is 0.569. The fourth-order valence-corrected chi connectivity index (χ4v) is 1.24. The largest absolute Gasteiger partial charge is 0.396 e. The van der Waals surface area contributed by atoms with Crippen LogP contribution < -0.4 is 5.32 Å². The minimum Gasteiger partial charge on any atom is -0.396 e. The maximum atomic E-state index is 8.75. The lowest BCUT2D eigenvalue weighted by atomic mass is 10.1. The van der Waals surface area contributed by atoms with Gasteiger partial charge >= 0.3 is 0 Å². The van der Waals surface area contributed by atoms with E-state index in [9.17, 15) is 0 Å². The van der Waals surface area contributed by atoms with Crippen LogP contribution in [0.4, 0.5) is 0 Å². The van der Waals surface area contributed by atoms with Gasteiger partial charge in [-0.3, -0.25) is 0 Å². The minimum atomic E-state index is 0.202. The van der Waals surface area contributed by atoms with E-state index in [2.05, 4.69) is 17.2 Å². The van der Waals surface area contributed by atoms with Crippen LogP contribution in [0.25, 0.3) is 0 Å². The second-order valence-electron chi connectivity index (χ2n) is 3.33. The Morgan fingerprint density at radius 3 is 2.60 bits per heavy atom. The van der Waals surface area contributed by atoms with Gasteiger partial charge in [0, 0.05) is 25.1 Å². The van der Waals surface area contributed by atoms with Crippen LogP contribution >= 0.6 is 0 Å². The lowest BCUT2D eigenvalue weighted by Gasteiger charge is -1.97. The molecule has 2 N–H and O–H groups in total. The maximum Gasteiger partial charge on any atom is 0.0471 e. The summed E-state index contributed by atoms with van der Waals surface area (Å²) in [6, 6.07) is 8.02. The van der Waals surface area contributed by atoms with Crippen molar-refractivity contribution in [3.63, 3.8) is 0 Å². The summed E-state index contributed by atoms with van der Waals surface area (Å²) >= 11 is 0. The van der Waals surface area contributed by atoms with Crippen molar-refractivity contribution < 1.29 is 5.11 Å². The molecule has 2 nitrogen and oxygen atoms in total. The lowest BCUT2D eigenvalue weighted by Crippen LogP contribution is -2.05. The predicted molar refractivity (Wildman–Crippen MR) is 62.7 cm³/mol. The molecule has 0 amide bonds. The molecule has 0 aliphatic rings. The third kappa shape index (κ3) is 4.64. The third-order valence-electron chi connectivity index (χ3n) is 2.09. The number of hydrogen-bond acceptors (Lipinski definition) is 2. The first-order valence-corrected chi connectivity index (χ1v) is 5.20. The van der Waals surface area contributed by atoms with E-state index in [1.807, 2.05) is 31.3 Å². The number of rotatable bonds is 4. The summed E-state index contributed by atoms with van der Waals surface area (Å²) in [5.74, 6) is 6.19. The average molecular weight is 203 g/mol. The highest BCUT2D eigenvalue weighted by molar-refractivity contribution is 5.36. The van der Waals surface area contributed by atoms with E-state index in [-0.39, 0.29) is 6.61 Å². The van der Waals surface area contributed by atoms with Crippen LogP contribution in [-0.4, -0.2) is 25.3 Å². The van der Waals surface area contributed by atoms with Crippen molar-refractivity contribution in [3.8, 4) is 11.8 Å². The van der Waals surface area contributed by atoms with Crippen LogP contribution in [0.3, 0.4) is 0 Å². The molecule has 0 spiro atoms. The molecule has 1 rings (SSSR count). The van der Waals surface area contributed by atoms with Crippen LogP contribution in [0.15, 0.2) is 24.3 Å². The molecule has 0 saturated heterocycles. The second-order valence-corrected chi connectivity index (χ2v) is 3.33. The van der Waals surface area contributed by atoms with E-state index in [0.717, 1.165) is 24.1 Å². The Hall–Kier alpha value is -1.30. The van der Waals surface area contributed by atoms with E-state index < -0.39 is 0 Å². The third-order valence-corrected chi connectivity index (χ3v) is 2.09. The summed E-state index contributed by atoms with van der Waals surface area (Å²) < 4.78 is 0. The molecule has 1 aromatic carbocycles. The normalized spacial score (nSPS) is 9.47. The van der Waals surface area contributed by atoms with Crippen LogP contribution in [0, 0.1) is 11.8 Å². The van der Waals surface area contributed by atoms with Gasteiger partial charge in [0.25, 0.3) is 0 Å². The van der Waals surface area contributed by atoms with Crippen molar-refractivity contribution in [3.05, 3.63) is 35.4 Å². The van der Waals surface area contributed by atoms with Crippen molar-refractivity contribution in [2.75, 3.05) is 20.2 Å². The number of aliphatic hydroxyl groups excluding tert-OH is 1. The van der Waals surface area contributed by atoms with Gasteiger partial charge < -0.3 is 10.4 Å². The summed E-state index contributed by atoms with van der Waals surface area (Å²) in [6.45, 7) is 1.13. The van der Waals surface area contributed by atoms with Gasteiger partial charge in [0.05, 0.1) is 0 Å². The van der Waals surface area contributed by atoms with Crippen LogP contribution in [0.1, 0.15) is 17.5 Å². The topological polar surface area (TPSA) is 32.3 Å². The SMILES string of the molecule is CNCCC#Cc1ccc(CCO)cc1. The molecular formula is C13H17NO. The summed E-state index contributed by atoms with van der Waals surface area (Å²) in [6.07, 6.45) is 1.59. The van der Waals surface area contributed by atoms with Gasteiger partial charge in [-0.05, 0) is 31.2 Å². The zero-order chi connectivity index (χ0) is 10.9. The summed E-state index contributed by atoms with van der Waals surface area (Å²) in [5.41, 5.74) is 2.19. The Bertz CT molecular complexity index is 332. The Kier molecular flexibility index (Phi) is 5.54. The first kappa shape index (κ1) is 11.8. The molecule has 15 heavy (non-hydrogen) atoms. The monoisotopic (exact) mass is 203 g/mol. The Labute approximate surface area is 91.3 Å². The maximum absolute atomic E-state index is 8.75. The molecule has 0 heterocycles. The van der Waals surface area contributed by atoms with Gasteiger partial charge in [0.15, 0.2) is 0 Å². The molecule has 0 aliphatic carbocycles. The van der Waals surface area contributed by atoms with E-state index in [0.29, 0.717) is 6.42 Å². The summed E-state index contributed by atoms with van der Waals surface area (Å²) in [5, 5.41) is 11.8. The van der Waals surface area contributed by atoms with Gasteiger partial charge in [0.2, 0.25) is 0 Å². The summed E-state index contributed by atoms with van der Waals surface area (Å²) in [4.78, 5) is 0. The first-order chi connectivity index (χ1) is 7.36. The minimum absolute atomic E-state index is 0.202. The standard InChI is InChI=1S/C13H17NO/c1-14-10-3-2-4-12-5-7-13(8-6-12)9-11-15/h5-8,14-15H,3,9-11H2,1H3. The molecule has 0 aromatic heterocycles. The molecule has 0 radical (unpaired) electrons. The van der Waals surface area contributed by atoms with Gasteiger partial charge in [-0.15, -0.1) is 0 Å². The van der Waals surface area contributed by atoms with Crippen molar-refractivity contribution >= 4 is 0 Å². The van der Waals surface area contributed by atoms with E-state index >= 15 is 0 Å². The van der Waals surface area contributed by atoms with Gasteiger partial charge in [-0.2, -0.15) is 0 Å². The van der Waals surface area contributed by atoms with Crippen LogP contribution in [-0.2, 0) is 6.42 Å². The molecule has 1 aromatic rings. The van der Waals surface area contributed by atoms with E-state index in [1.165, 1.54) is 0 Å². The summed E-state index contributed by atoms with van der Waals surface area (Å²) in [7, 11) is 1.92. The molecule has 2 heteroatoms. The Balaban J connectivity index is 2.51. The number of aliphatic hydroxyl groups is 1. The molecule has 0 unspecified atom stereocenters. The smallest absolute Gasteiger partial charge is 0.0471 e. The Morgan fingerprint density at radius 2 is 2.00 bits per heavy atom. The molecule has 0 bridgehead atoms. The highest BCUT2D eigenvalue weighted by Gasteiger charge is 1.90. The van der Waals surface area contributed by atoms with Gasteiger partial charge in [0.1, 0.15) is 0 Å². The molecule has 0 atom stereocenters. The predicted octanol–water partition coefficient (Wildman–Crippen LogP) is 1.18. The van der Waals surface area contributed by atoms with E-state index in [1.54, 1.807) is 0 Å². The van der Waals surface area contributed by atoms with Crippen molar-refractivity contribution in [2.24, 2.45) is 0 Å². The van der Waals surface area contributed by atoms with Crippen LogP contribution in [0.5, 0.6) is 0 Å². The van der Waals surface area contributed by atoms with Crippen molar-refractivity contribution in [1.29, 1.82) is 0 Å². The molecular weight excluding hydrogens is 186 g/mol. The van der Waals surface area contributed by atoms with Gasteiger partial charge in [-0.1, -0.05) is 24.0 Å². The van der Waals surface area contributed by atoms with Crippen LogP contribution in [0.2, 0.25) is 0 Å². The van der Waals surface area contributed by atoms with Gasteiger partial charge in [-0.25, -0.2) is 0 Å². The number of nitrogens with one attached hydrogen (secondary N) is 1. The Morgan fingerprint density at radius 1 is 1.27 bits per heavy atom. The van der Waals surface area contributed by atoms with E-state index in [4.69, 9.17) is 5.11 Å². The lowest BCUT2D eigenvalue weighted by molar-refractivity contribution is 0.299. The van der Waals surface area contributed by atoms with Crippen molar-refractivity contribution in [1.82, 2.24) is 5.32 Å². The fraction of sp³-hybridized carbons (Fsp3) is 0.385. The first-order valence-electron chi connectivity index (χ1n) is 5.20. The molecule has 0 aliphatic heterocycles. The highest BCUT2D eigenvalue weighted by Crippen LogP contribution is 2.03. The average Bonchev–Trinajstić information content (AvgIpc) is 2.27. The molecule has 0 saturated carbocycles. The number of benzene rings is 1.